The molecule has 4 rings (SSSR count). The van der Waals surface area contributed by atoms with Gasteiger partial charge in [-0.15, -0.1) is 0 Å². The Morgan fingerprint density at radius 2 is 1.92 bits per heavy atom. The number of aromatic hydroxyl groups is 1. The van der Waals surface area contributed by atoms with Crippen molar-refractivity contribution >= 4 is 17.9 Å². The van der Waals surface area contributed by atoms with Gasteiger partial charge in [-0.3, -0.25) is 14.5 Å². The first-order chi connectivity index (χ1) is 17.3. The molecule has 1 aromatic rings. The Balaban J connectivity index is 1.55. The van der Waals surface area contributed by atoms with Gasteiger partial charge in [-0.05, 0) is 68.7 Å². The summed E-state index contributed by atoms with van der Waals surface area (Å²) in [7, 11) is 0. The van der Waals surface area contributed by atoms with E-state index < -0.39 is 23.9 Å². The first-order valence-electron chi connectivity index (χ1n) is 13.7. The van der Waals surface area contributed by atoms with Gasteiger partial charge in [-0.2, -0.15) is 0 Å². The Hall–Kier alpha value is -2.44. The summed E-state index contributed by atoms with van der Waals surface area (Å²) in [6, 6.07) is 7.04. The number of carbonyl (C=O) groups is 2. The van der Waals surface area contributed by atoms with Crippen molar-refractivity contribution in [3.05, 3.63) is 46.5 Å². The van der Waals surface area contributed by atoms with Crippen LogP contribution in [0.3, 0.4) is 0 Å². The number of rotatable bonds is 9. The molecule has 1 saturated heterocycles. The van der Waals surface area contributed by atoms with Gasteiger partial charge in [0.2, 0.25) is 11.8 Å². The number of aliphatic hydroxyl groups is 2. The number of hydrogen-bond donors (Lipinski definition) is 3. The number of nitrogens with zero attached hydrogens (tertiary/aromatic N) is 1. The van der Waals surface area contributed by atoms with Crippen molar-refractivity contribution in [2.75, 3.05) is 6.61 Å². The van der Waals surface area contributed by atoms with E-state index in [-0.39, 0.29) is 30.2 Å². The maximum atomic E-state index is 13.6. The van der Waals surface area contributed by atoms with E-state index in [0.29, 0.717) is 19.3 Å². The molecule has 6 heteroatoms. The first-order valence-corrected chi connectivity index (χ1v) is 13.7. The third-order valence-electron chi connectivity index (χ3n) is 8.36. The largest absolute Gasteiger partial charge is 0.508 e. The maximum absolute atomic E-state index is 13.6. The average Bonchev–Trinajstić information content (AvgIpc) is 3.11. The Morgan fingerprint density at radius 3 is 2.58 bits per heavy atom. The van der Waals surface area contributed by atoms with Crippen molar-refractivity contribution in [1.29, 1.82) is 0 Å². The lowest BCUT2D eigenvalue weighted by molar-refractivity contribution is -0.143. The van der Waals surface area contributed by atoms with Crippen LogP contribution >= 0.6 is 0 Å². The van der Waals surface area contributed by atoms with Gasteiger partial charge in [0.25, 0.3) is 0 Å². The standard InChI is InChI=1S/C30H41NO5/c1-3-8-21-17-24-28(30(36)31(29(24)35)22-10-5-4-6-11-22)25(18-32)27(21)26(34)14-13-19(2)15-20-9-7-12-23(33)16-20/h7,9,12,15-16,22,24-26,28,32-34H,3-6,8,10-11,13-14,17-18H2,1-2H3/b19-15+/t24-,25+,26-,28-/m1/s1. The molecule has 4 atom stereocenters. The Labute approximate surface area is 214 Å². The molecule has 2 aliphatic carbocycles. The summed E-state index contributed by atoms with van der Waals surface area (Å²) >= 11 is 0. The van der Waals surface area contributed by atoms with Crippen LogP contribution in [0.25, 0.3) is 6.08 Å². The lowest BCUT2D eigenvalue weighted by Crippen LogP contribution is -2.42. The zero-order chi connectivity index (χ0) is 25.8. The van der Waals surface area contributed by atoms with Gasteiger partial charge in [0.15, 0.2) is 0 Å². The van der Waals surface area contributed by atoms with Crippen molar-refractivity contribution in [1.82, 2.24) is 4.90 Å². The highest BCUT2D eigenvalue weighted by atomic mass is 16.3. The number of carbonyl (C=O) groups excluding carboxylic acids is 2. The fraction of sp³-hybridized carbons (Fsp3) is 0.600. The summed E-state index contributed by atoms with van der Waals surface area (Å²) in [5.74, 6) is -1.49. The van der Waals surface area contributed by atoms with Crippen LogP contribution in [0.4, 0.5) is 0 Å². The number of likely N-dealkylation sites (tertiary alicyclic amines) is 1. The Morgan fingerprint density at radius 1 is 1.17 bits per heavy atom. The fourth-order valence-corrected chi connectivity index (χ4v) is 6.71. The van der Waals surface area contributed by atoms with Gasteiger partial charge in [0.1, 0.15) is 5.75 Å². The fourth-order valence-electron chi connectivity index (χ4n) is 6.71. The molecule has 0 bridgehead atoms. The van der Waals surface area contributed by atoms with Crippen molar-refractivity contribution < 1.29 is 24.9 Å². The summed E-state index contributed by atoms with van der Waals surface area (Å²) in [5, 5.41) is 31.6. The number of amides is 2. The zero-order valence-corrected chi connectivity index (χ0v) is 21.7. The van der Waals surface area contributed by atoms with Gasteiger partial charge in [-0.25, -0.2) is 0 Å². The number of benzene rings is 1. The molecule has 0 aromatic heterocycles. The van der Waals surface area contributed by atoms with Crippen LogP contribution in [-0.2, 0) is 9.59 Å². The molecule has 196 valence electrons. The molecule has 0 radical (unpaired) electrons. The number of phenols is 1. The van der Waals surface area contributed by atoms with Gasteiger partial charge in [0, 0.05) is 12.0 Å². The summed E-state index contributed by atoms with van der Waals surface area (Å²) in [6.07, 6.45) is 9.47. The highest BCUT2D eigenvalue weighted by molar-refractivity contribution is 6.06. The second-order valence-corrected chi connectivity index (χ2v) is 10.9. The maximum Gasteiger partial charge on any atom is 0.234 e. The third-order valence-corrected chi connectivity index (χ3v) is 8.36. The van der Waals surface area contributed by atoms with E-state index in [9.17, 15) is 24.9 Å². The molecular weight excluding hydrogens is 454 g/mol. The van der Waals surface area contributed by atoms with E-state index in [4.69, 9.17) is 0 Å². The van der Waals surface area contributed by atoms with Crippen LogP contribution < -0.4 is 0 Å². The number of phenolic OH excluding ortho intramolecular Hbond substituents is 1. The molecule has 2 amide bonds. The molecule has 1 aromatic carbocycles. The first kappa shape index (κ1) is 26.6. The number of fused-ring (bicyclic) bond motifs is 1. The molecule has 1 saturated carbocycles. The summed E-state index contributed by atoms with van der Waals surface area (Å²) in [5.41, 5.74) is 3.81. The van der Waals surface area contributed by atoms with Gasteiger partial charge < -0.3 is 15.3 Å². The van der Waals surface area contributed by atoms with Gasteiger partial charge in [0.05, 0.1) is 24.5 Å². The summed E-state index contributed by atoms with van der Waals surface area (Å²) in [6.45, 7) is 3.84. The third kappa shape index (κ3) is 5.45. The molecule has 1 heterocycles. The number of allylic oxidation sites excluding steroid dienone is 2. The second-order valence-electron chi connectivity index (χ2n) is 10.9. The van der Waals surface area contributed by atoms with Crippen molar-refractivity contribution in [3.8, 4) is 5.75 Å². The lowest BCUT2D eigenvalue weighted by Gasteiger charge is -2.36. The highest BCUT2D eigenvalue weighted by Gasteiger charge is 2.56. The van der Waals surface area contributed by atoms with E-state index in [2.05, 4.69) is 6.92 Å². The normalized spacial score (nSPS) is 26.5. The van der Waals surface area contributed by atoms with Gasteiger partial charge >= 0.3 is 0 Å². The van der Waals surface area contributed by atoms with Crippen LogP contribution in [0.1, 0.15) is 83.6 Å². The SMILES string of the molecule is CCCC1=C([C@H](O)CC/C(C)=C/c2cccc(O)c2)[C@H](CO)[C@@H]2C(=O)N(C3CCCCC3)C(=O)[C@@H]2C1. The predicted octanol–water partition coefficient (Wildman–Crippen LogP) is 4.98. The minimum Gasteiger partial charge on any atom is -0.508 e. The summed E-state index contributed by atoms with van der Waals surface area (Å²) in [4.78, 5) is 28.6. The van der Waals surface area contributed by atoms with E-state index >= 15 is 0 Å². The number of aliphatic hydroxyl groups excluding tert-OH is 2. The van der Waals surface area contributed by atoms with Crippen LogP contribution in [0.2, 0.25) is 0 Å². The van der Waals surface area contributed by atoms with Crippen molar-refractivity contribution in [2.45, 2.75) is 90.2 Å². The quantitative estimate of drug-likeness (QED) is 0.332. The van der Waals surface area contributed by atoms with E-state index in [1.165, 1.54) is 4.90 Å². The second kappa shape index (κ2) is 11.7. The monoisotopic (exact) mass is 495 g/mol. The summed E-state index contributed by atoms with van der Waals surface area (Å²) < 4.78 is 0. The number of imide groups is 1. The van der Waals surface area contributed by atoms with E-state index in [1.54, 1.807) is 18.2 Å². The van der Waals surface area contributed by atoms with Crippen molar-refractivity contribution in [2.24, 2.45) is 17.8 Å². The van der Waals surface area contributed by atoms with E-state index in [1.807, 2.05) is 19.1 Å². The molecule has 1 aliphatic heterocycles. The zero-order valence-electron chi connectivity index (χ0n) is 21.7. The minimum atomic E-state index is -0.774. The molecule has 3 aliphatic rings. The molecule has 36 heavy (non-hydrogen) atoms. The Kier molecular flexibility index (Phi) is 8.68. The molecular formula is C30H41NO5. The Bertz CT molecular complexity index is 1020. The van der Waals surface area contributed by atoms with Crippen LogP contribution in [0.5, 0.6) is 5.75 Å². The predicted molar refractivity (Wildman–Crippen MR) is 140 cm³/mol. The average molecular weight is 496 g/mol. The topological polar surface area (TPSA) is 98.1 Å². The lowest BCUT2D eigenvalue weighted by atomic mass is 9.67. The minimum absolute atomic E-state index is 0.0168. The molecule has 0 unspecified atom stereocenters. The molecule has 0 spiro atoms. The van der Waals surface area contributed by atoms with E-state index in [0.717, 1.165) is 67.2 Å². The van der Waals surface area contributed by atoms with Crippen LogP contribution in [-0.4, -0.2) is 50.8 Å². The molecule has 2 fully saturated rings. The van der Waals surface area contributed by atoms with Crippen LogP contribution in [0, 0.1) is 17.8 Å². The number of hydrogen-bond acceptors (Lipinski definition) is 5. The molecule has 6 nitrogen and oxygen atoms in total. The highest BCUT2D eigenvalue weighted by Crippen LogP contribution is 2.48. The van der Waals surface area contributed by atoms with Crippen molar-refractivity contribution in [3.63, 3.8) is 0 Å². The smallest absolute Gasteiger partial charge is 0.234 e. The van der Waals surface area contributed by atoms with Gasteiger partial charge in [-0.1, -0.05) is 62.0 Å². The molecule has 3 N–H and O–H groups in total. The van der Waals surface area contributed by atoms with Crippen LogP contribution in [0.15, 0.2) is 41.0 Å².